The first-order chi connectivity index (χ1) is 12.3. The Hall–Kier alpha value is -1.82. The number of ether oxygens (including phenoxy) is 1. The first kappa shape index (κ1) is 19.0. The van der Waals surface area contributed by atoms with Gasteiger partial charge in [-0.3, -0.25) is 4.79 Å². The summed E-state index contributed by atoms with van der Waals surface area (Å²) in [4.78, 5) is 19.1. The normalized spacial score (nSPS) is 19.3. The van der Waals surface area contributed by atoms with Crippen LogP contribution in [0.5, 0.6) is 11.6 Å². The van der Waals surface area contributed by atoms with Crippen molar-refractivity contribution in [3.05, 3.63) is 52.1 Å². The van der Waals surface area contributed by atoms with Crippen molar-refractivity contribution in [1.29, 1.82) is 0 Å². The Labute approximate surface area is 163 Å². The Morgan fingerprint density at radius 1 is 1.35 bits per heavy atom. The van der Waals surface area contributed by atoms with Crippen molar-refractivity contribution in [3.63, 3.8) is 0 Å². The van der Waals surface area contributed by atoms with Crippen LogP contribution in [-0.4, -0.2) is 34.9 Å². The lowest BCUT2D eigenvalue weighted by molar-refractivity contribution is 0.0530. The van der Waals surface area contributed by atoms with E-state index in [2.05, 4.69) is 18.8 Å². The van der Waals surface area contributed by atoms with E-state index in [4.69, 9.17) is 33.7 Å². The number of pyridine rings is 1. The zero-order chi connectivity index (χ0) is 18.9. The number of amides is 1. The third-order valence-corrected chi connectivity index (χ3v) is 5.23. The molecule has 1 aliphatic rings. The summed E-state index contributed by atoms with van der Waals surface area (Å²) in [5.41, 5.74) is 6.43. The molecular weight excluding hydrogens is 373 g/mol. The Morgan fingerprint density at radius 2 is 2.12 bits per heavy atom. The smallest absolute Gasteiger partial charge is 0.259 e. The van der Waals surface area contributed by atoms with Gasteiger partial charge < -0.3 is 15.4 Å². The summed E-state index contributed by atoms with van der Waals surface area (Å²) < 4.78 is 5.81. The van der Waals surface area contributed by atoms with Crippen LogP contribution in [0.3, 0.4) is 0 Å². The van der Waals surface area contributed by atoms with Crippen molar-refractivity contribution in [2.24, 2.45) is 11.1 Å². The number of carbonyl (C=O) groups is 1. The minimum Gasteiger partial charge on any atom is -0.437 e. The summed E-state index contributed by atoms with van der Waals surface area (Å²) in [7, 11) is 0. The molecule has 5 nitrogen and oxygen atoms in total. The standard InChI is InChI=1S/C19H21Cl2N3O2/c1-19(2)11-24(9-7-16(19)22)18(25)13-4-3-8-23-17(13)26-15-6-5-12(20)10-14(15)21/h3-6,8,10,16H,7,9,11,22H2,1-2H3. The fourth-order valence-corrected chi connectivity index (χ4v) is 3.46. The third kappa shape index (κ3) is 3.95. The second-order valence-corrected chi connectivity index (χ2v) is 7.99. The second kappa shape index (κ2) is 7.43. The molecule has 3 rings (SSSR count). The number of rotatable bonds is 3. The highest BCUT2D eigenvalue weighted by Gasteiger charge is 2.36. The van der Waals surface area contributed by atoms with Gasteiger partial charge in [0.25, 0.3) is 5.91 Å². The Balaban J connectivity index is 1.86. The monoisotopic (exact) mass is 393 g/mol. The zero-order valence-corrected chi connectivity index (χ0v) is 16.2. The van der Waals surface area contributed by atoms with E-state index < -0.39 is 0 Å². The molecule has 1 amide bonds. The summed E-state index contributed by atoms with van der Waals surface area (Å²) in [5, 5.41) is 0.859. The van der Waals surface area contributed by atoms with Gasteiger partial charge in [0.05, 0.1) is 5.02 Å². The van der Waals surface area contributed by atoms with Crippen molar-refractivity contribution in [1.82, 2.24) is 9.88 Å². The van der Waals surface area contributed by atoms with Crippen molar-refractivity contribution in [2.75, 3.05) is 13.1 Å². The highest BCUT2D eigenvalue weighted by molar-refractivity contribution is 6.35. The highest BCUT2D eigenvalue weighted by atomic mass is 35.5. The van der Waals surface area contributed by atoms with E-state index in [9.17, 15) is 4.79 Å². The minimum atomic E-state index is -0.142. The Bertz CT molecular complexity index is 826. The number of carbonyl (C=O) groups excluding carboxylic acids is 1. The van der Waals surface area contributed by atoms with Gasteiger partial charge in [-0.2, -0.15) is 0 Å². The van der Waals surface area contributed by atoms with Crippen LogP contribution in [0.2, 0.25) is 10.0 Å². The molecule has 1 fully saturated rings. The van der Waals surface area contributed by atoms with Crippen LogP contribution in [-0.2, 0) is 0 Å². The first-order valence-electron chi connectivity index (χ1n) is 8.41. The van der Waals surface area contributed by atoms with Gasteiger partial charge in [-0.25, -0.2) is 4.98 Å². The van der Waals surface area contributed by atoms with E-state index in [0.717, 1.165) is 6.42 Å². The molecule has 1 unspecified atom stereocenters. The molecule has 0 radical (unpaired) electrons. The number of likely N-dealkylation sites (tertiary alicyclic amines) is 1. The molecule has 0 aliphatic carbocycles. The van der Waals surface area contributed by atoms with Crippen LogP contribution in [0.25, 0.3) is 0 Å². The van der Waals surface area contributed by atoms with Gasteiger partial charge in [-0.15, -0.1) is 0 Å². The minimum absolute atomic E-state index is 0.0732. The molecule has 2 aromatic rings. The quantitative estimate of drug-likeness (QED) is 0.839. The number of piperidine rings is 1. The zero-order valence-electron chi connectivity index (χ0n) is 14.7. The maximum Gasteiger partial charge on any atom is 0.259 e. The predicted octanol–water partition coefficient (Wildman–Crippen LogP) is 4.38. The van der Waals surface area contributed by atoms with Gasteiger partial charge >= 0.3 is 0 Å². The molecule has 7 heteroatoms. The molecule has 0 bridgehead atoms. The number of aromatic nitrogens is 1. The van der Waals surface area contributed by atoms with Crippen molar-refractivity contribution in [2.45, 2.75) is 26.3 Å². The maximum atomic E-state index is 13.1. The summed E-state index contributed by atoms with van der Waals surface area (Å²) in [5.74, 6) is 0.484. The Kier molecular flexibility index (Phi) is 5.42. The van der Waals surface area contributed by atoms with Crippen LogP contribution in [0, 0.1) is 5.41 Å². The number of nitrogens with two attached hydrogens (primary N) is 1. The Morgan fingerprint density at radius 3 is 2.81 bits per heavy atom. The van der Waals surface area contributed by atoms with E-state index in [1.165, 1.54) is 0 Å². The number of hydrogen-bond acceptors (Lipinski definition) is 4. The molecule has 1 aromatic heterocycles. The maximum absolute atomic E-state index is 13.1. The molecule has 26 heavy (non-hydrogen) atoms. The molecular formula is C19H21Cl2N3O2. The SMILES string of the molecule is CC1(C)CN(C(=O)c2cccnc2Oc2ccc(Cl)cc2Cl)CCC1N. The number of nitrogens with zero attached hydrogens (tertiary/aromatic N) is 2. The van der Waals surface area contributed by atoms with Crippen molar-refractivity contribution >= 4 is 29.1 Å². The van der Waals surface area contributed by atoms with Crippen molar-refractivity contribution < 1.29 is 9.53 Å². The summed E-state index contributed by atoms with van der Waals surface area (Å²) >= 11 is 12.1. The topological polar surface area (TPSA) is 68.5 Å². The summed E-state index contributed by atoms with van der Waals surface area (Å²) in [6.07, 6.45) is 2.34. The first-order valence-corrected chi connectivity index (χ1v) is 9.16. The molecule has 2 N–H and O–H groups in total. The molecule has 138 valence electrons. The van der Waals surface area contributed by atoms with Gasteiger partial charge in [0.15, 0.2) is 0 Å². The van der Waals surface area contributed by atoms with E-state index in [0.29, 0.717) is 34.4 Å². The lowest BCUT2D eigenvalue weighted by atomic mass is 9.79. The van der Waals surface area contributed by atoms with Gasteiger partial charge in [-0.05, 0) is 42.2 Å². The van der Waals surface area contributed by atoms with Crippen LogP contribution in [0.1, 0.15) is 30.6 Å². The lowest BCUT2D eigenvalue weighted by Gasteiger charge is -2.42. The predicted molar refractivity (Wildman–Crippen MR) is 103 cm³/mol. The van der Waals surface area contributed by atoms with Crippen LogP contribution in [0.4, 0.5) is 0 Å². The molecule has 1 aromatic carbocycles. The van der Waals surface area contributed by atoms with Gasteiger partial charge in [0.2, 0.25) is 5.88 Å². The summed E-state index contributed by atoms with van der Waals surface area (Å²) in [6.45, 7) is 5.35. The van der Waals surface area contributed by atoms with E-state index in [-0.39, 0.29) is 23.2 Å². The third-order valence-electron chi connectivity index (χ3n) is 4.70. The largest absolute Gasteiger partial charge is 0.437 e. The number of halogens is 2. The number of benzene rings is 1. The fraction of sp³-hybridized carbons (Fsp3) is 0.368. The molecule has 1 aliphatic heterocycles. The van der Waals surface area contributed by atoms with Gasteiger partial charge in [0, 0.05) is 30.4 Å². The second-order valence-electron chi connectivity index (χ2n) is 7.14. The van der Waals surface area contributed by atoms with E-state index >= 15 is 0 Å². The average molecular weight is 394 g/mol. The van der Waals surface area contributed by atoms with E-state index in [1.54, 1.807) is 41.4 Å². The van der Waals surface area contributed by atoms with Crippen LogP contribution >= 0.6 is 23.2 Å². The average Bonchev–Trinajstić information content (AvgIpc) is 2.59. The summed E-state index contributed by atoms with van der Waals surface area (Å²) in [6, 6.07) is 8.39. The van der Waals surface area contributed by atoms with E-state index in [1.807, 2.05) is 0 Å². The van der Waals surface area contributed by atoms with Gasteiger partial charge in [-0.1, -0.05) is 37.0 Å². The van der Waals surface area contributed by atoms with Crippen molar-refractivity contribution in [3.8, 4) is 11.6 Å². The lowest BCUT2D eigenvalue weighted by Crippen LogP contribution is -2.54. The molecule has 1 atom stereocenters. The molecule has 1 saturated heterocycles. The van der Waals surface area contributed by atoms with Gasteiger partial charge in [0.1, 0.15) is 11.3 Å². The molecule has 0 spiro atoms. The fourth-order valence-electron chi connectivity index (χ4n) is 3.01. The molecule has 0 saturated carbocycles. The number of hydrogen-bond donors (Lipinski definition) is 1. The van der Waals surface area contributed by atoms with Crippen LogP contribution in [0.15, 0.2) is 36.5 Å². The highest BCUT2D eigenvalue weighted by Crippen LogP contribution is 2.33. The molecule has 2 heterocycles. The van der Waals surface area contributed by atoms with Crippen LogP contribution < -0.4 is 10.5 Å².